The van der Waals surface area contributed by atoms with E-state index in [1.165, 1.54) is 18.4 Å². The molecule has 0 bridgehead atoms. The van der Waals surface area contributed by atoms with E-state index in [9.17, 15) is 14.0 Å². The monoisotopic (exact) mass is 318 g/mol. The summed E-state index contributed by atoms with van der Waals surface area (Å²) in [5.41, 5.74) is -0.473. The average Bonchev–Trinajstić information content (AvgIpc) is 3.05. The highest BCUT2D eigenvalue weighted by Gasteiger charge is 2.35. The first-order chi connectivity index (χ1) is 10.9. The molecule has 0 aliphatic rings. The van der Waals surface area contributed by atoms with Gasteiger partial charge in [-0.05, 0) is 43.7 Å². The second-order valence-electron chi connectivity index (χ2n) is 5.70. The third-order valence-corrected chi connectivity index (χ3v) is 3.50. The van der Waals surface area contributed by atoms with E-state index >= 15 is 0 Å². The predicted molar refractivity (Wildman–Crippen MR) is 82.6 cm³/mol. The fourth-order valence-corrected chi connectivity index (χ4v) is 1.91. The topological polar surface area (TPSA) is 71.3 Å². The molecule has 0 spiro atoms. The average molecular weight is 318 g/mol. The van der Waals surface area contributed by atoms with Crippen molar-refractivity contribution in [1.29, 1.82) is 0 Å². The van der Waals surface area contributed by atoms with Crippen LogP contribution in [0.5, 0.6) is 0 Å². The maximum atomic E-state index is 12.8. The van der Waals surface area contributed by atoms with Gasteiger partial charge in [-0.15, -0.1) is 0 Å². The highest BCUT2D eigenvalue weighted by Crippen LogP contribution is 2.16. The van der Waals surface area contributed by atoms with E-state index in [1.807, 2.05) is 0 Å². The van der Waals surface area contributed by atoms with Crippen LogP contribution in [0.1, 0.15) is 25.2 Å². The number of carbonyl (C=O) groups excluding carboxylic acids is 2. The number of carbonyl (C=O) groups is 2. The molecule has 2 N–H and O–H groups in total. The summed E-state index contributed by atoms with van der Waals surface area (Å²) in [5, 5.41) is 5.36. The number of hydrogen-bond donors (Lipinski definition) is 2. The molecule has 0 atom stereocenters. The maximum Gasteiger partial charge on any atom is 0.235 e. The van der Waals surface area contributed by atoms with E-state index in [0.717, 1.165) is 5.56 Å². The van der Waals surface area contributed by atoms with E-state index < -0.39 is 17.2 Å². The van der Waals surface area contributed by atoms with Crippen LogP contribution in [0.25, 0.3) is 0 Å². The lowest BCUT2D eigenvalue weighted by atomic mass is 9.91. The zero-order chi connectivity index (χ0) is 16.9. The van der Waals surface area contributed by atoms with Crippen molar-refractivity contribution >= 4 is 11.8 Å². The van der Waals surface area contributed by atoms with Crippen LogP contribution in [0, 0.1) is 11.2 Å². The van der Waals surface area contributed by atoms with Gasteiger partial charge in [0.1, 0.15) is 17.0 Å². The number of benzene rings is 1. The standard InChI is InChI=1S/C17H19FN2O3/c1-17(2,16(22)20-11-14-4-3-9-23-14)15(21)19-10-12-5-7-13(18)8-6-12/h3-9H,10-11H2,1-2H3,(H,19,21)(H,20,22). The van der Waals surface area contributed by atoms with Crippen molar-refractivity contribution in [3.63, 3.8) is 0 Å². The Hall–Kier alpha value is -2.63. The fourth-order valence-electron chi connectivity index (χ4n) is 1.91. The van der Waals surface area contributed by atoms with Gasteiger partial charge in [0.15, 0.2) is 0 Å². The Morgan fingerprint density at radius 1 is 1.04 bits per heavy atom. The first-order valence-corrected chi connectivity index (χ1v) is 7.23. The highest BCUT2D eigenvalue weighted by molar-refractivity contribution is 6.04. The zero-order valence-electron chi connectivity index (χ0n) is 13.1. The molecular weight excluding hydrogens is 299 g/mol. The van der Waals surface area contributed by atoms with Gasteiger partial charge in [-0.3, -0.25) is 9.59 Å². The highest BCUT2D eigenvalue weighted by atomic mass is 19.1. The number of nitrogens with one attached hydrogen (secondary N) is 2. The minimum absolute atomic E-state index is 0.223. The third-order valence-electron chi connectivity index (χ3n) is 3.50. The molecule has 0 unspecified atom stereocenters. The van der Waals surface area contributed by atoms with Crippen LogP contribution in [-0.2, 0) is 22.7 Å². The van der Waals surface area contributed by atoms with Crippen molar-refractivity contribution in [2.45, 2.75) is 26.9 Å². The van der Waals surface area contributed by atoms with Gasteiger partial charge in [0.2, 0.25) is 11.8 Å². The summed E-state index contributed by atoms with van der Waals surface area (Å²) in [7, 11) is 0. The van der Waals surface area contributed by atoms with Gasteiger partial charge in [0.25, 0.3) is 0 Å². The zero-order valence-corrected chi connectivity index (χ0v) is 13.1. The molecule has 0 aliphatic carbocycles. The van der Waals surface area contributed by atoms with Crippen LogP contribution in [-0.4, -0.2) is 11.8 Å². The van der Waals surface area contributed by atoms with Crippen LogP contribution in [0.2, 0.25) is 0 Å². The lowest BCUT2D eigenvalue weighted by Crippen LogP contribution is -2.47. The molecule has 6 heteroatoms. The minimum atomic E-state index is -1.23. The molecule has 5 nitrogen and oxygen atoms in total. The Morgan fingerprint density at radius 3 is 2.22 bits per heavy atom. The van der Waals surface area contributed by atoms with Gasteiger partial charge < -0.3 is 15.1 Å². The van der Waals surface area contributed by atoms with E-state index in [1.54, 1.807) is 38.1 Å². The largest absolute Gasteiger partial charge is 0.467 e. The summed E-state index contributed by atoms with van der Waals surface area (Å²) in [6, 6.07) is 9.27. The summed E-state index contributed by atoms with van der Waals surface area (Å²) < 4.78 is 18.0. The molecule has 0 aliphatic heterocycles. The predicted octanol–water partition coefficient (Wildman–Crippen LogP) is 2.38. The Morgan fingerprint density at radius 2 is 1.65 bits per heavy atom. The molecule has 1 aromatic carbocycles. The Bertz CT molecular complexity index is 664. The van der Waals surface area contributed by atoms with Crippen LogP contribution >= 0.6 is 0 Å². The normalized spacial score (nSPS) is 11.1. The first kappa shape index (κ1) is 16.7. The van der Waals surface area contributed by atoms with E-state index in [-0.39, 0.29) is 18.9 Å². The summed E-state index contributed by atoms with van der Waals surface area (Å²) in [6.07, 6.45) is 1.52. The number of rotatable bonds is 6. The fraction of sp³-hybridized carbons (Fsp3) is 0.294. The number of hydrogen-bond acceptors (Lipinski definition) is 3. The molecule has 2 amide bonds. The van der Waals surface area contributed by atoms with Crippen molar-refractivity contribution in [3.05, 3.63) is 59.8 Å². The van der Waals surface area contributed by atoms with Crippen molar-refractivity contribution in [1.82, 2.24) is 10.6 Å². The molecule has 122 valence electrons. The van der Waals surface area contributed by atoms with Gasteiger partial charge in [0.05, 0.1) is 12.8 Å². The molecule has 0 fully saturated rings. The van der Waals surface area contributed by atoms with Crippen molar-refractivity contribution in [3.8, 4) is 0 Å². The molecule has 1 aromatic heterocycles. The Labute approximate surface area is 133 Å². The lowest BCUT2D eigenvalue weighted by Gasteiger charge is -2.22. The van der Waals surface area contributed by atoms with Gasteiger partial charge in [-0.1, -0.05) is 12.1 Å². The van der Waals surface area contributed by atoms with Gasteiger partial charge in [0, 0.05) is 6.54 Å². The van der Waals surface area contributed by atoms with Crippen LogP contribution in [0.15, 0.2) is 47.1 Å². The summed E-state index contributed by atoms with van der Waals surface area (Å²) >= 11 is 0. The lowest BCUT2D eigenvalue weighted by molar-refractivity contribution is -0.141. The Kier molecular flexibility index (Phi) is 5.16. The van der Waals surface area contributed by atoms with Crippen LogP contribution in [0.4, 0.5) is 4.39 Å². The molecule has 0 saturated heterocycles. The molecule has 2 rings (SSSR count). The second-order valence-corrected chi connectivity index (χ2v) is 5.70. The molecule has 1 heterocycles. The molecule has 0 saturated carbocycles. The number of amides is 2. The van der Waals surface area contributed by atoms with Gasteiger partial charge in [-0.25, -0.2) is 4.39 Å². The van der Waals surface area contributed by atoms with Crippen molar-refractivity contribution in [2.24, 2.45) is 5.41 Å². The quantitative estimate of drug-likeness (QED) is 0.803. The molecule has 2 aromatic rings. The van der Waals surface area contributed by atoms with Gasteiger partial charge in [-0.2, -0.15) is 0 Å². The maximum absolute atomic E-state index is 12.8. The van der Waals surface area contributed by atoms with Crippen molar-refractivity contribution < 1.29 is 18.4 Å². The van der Waals surface area contributed by atoms with Crippen LogP contribution in [0.3, 0.4) is 0 Å². The molecule has 0 radical (unpaired) electrons. The van der Waals surface area contributed by atoms with Crippen molar-refractivity contribution in [2.75, 3.05) is 0 Å². The number of furan rings is 1. The third kappa shape index (κ3) is 4.42. The van der Waals surface area contributed by atoms with E-state index in [0.29, 0.717) is 5.76 Å². The molecular formula is C17H19FN2O3. The summed E-state index contributed by atoms with van der Waals surface area (Å²) in [5.74, 6) is -0.525. The molecule has 23 heavy (non-hydrogen) atoms. The van der Waals surface area contributed by atoms with Gasteiger partial charge >= 0.3 is 0 Å². The second kappa shape index (κ2) is 7.09. The summed E-state index contributed by atoms with van der Waals surface area (Å²) in [6.45, 7) is 3.55. The SMILES string of the molecule is CC(C)(C(=O)NCc1ccc(F)cc1)C(=O)NCc1ccco1. The summed E-state index contributed by atoms with van der Waals surface area (Å²) in [4.78, 5) is 24.4. The van der Waals surface area contributed by atoms with Crippen LogP contribution < -0.4 is 10.6 Å². The van der Waals surface area contributed by atoms with E-state index in [2.05, 4.69) is 10.6 Å². The number of halogens is 1. The smallest absolute Gasteiger partial charge is 0.235 e. The van der Waals surface area contributed by atoms with E-state index in [4.69, 9.17) is 4.42 Å². The minimum Gasteiger partial charge on any atom is -0.467 e. The first-order valence-electron chi connectivity index (χ1n) is 7.23. The Balaban J connectivity index is 1.87.